The Kier molecular flexibility index (Phi) is 3.70. The van der Waals surface area contributed by atoms with Crippen LogP contribution in [-0.2, 0) is 6.54 Å². The number of non-ortho nitro benzene ring substituents is 1. The summed E-state index contributed by atoms with van der Waals surface area (Å²) in [6.45, 7) is 0.523. The largest absolute Gasteiger partial charge is 0.366 e. The lowest BCUT2D eigenvalue weighted by atomic mass is 10.2. The molecule has 0 radical (unpaired) electrons. The molecule has 108 valence electrons. The molecule has 0 saturated heterocycles. The average molecular weight is 305 g/mol. The summed E-state index contributed by atoms with van der Waals surface area (Å²) in [7, 11) is 0. The Morgan fingerprint density at radius 1 is 1.29 bits per heavy atom. The predicted octanol–water partition coefficient (Wildman–Crippen LogP) is 3.53. The molecule has 0 spiro atoms. The highest BCUT2D eigenvalue weighted by Crippen LogP contribution is 2.38. The van der Waals surface area contributed by atoms with E-state index in [0.717, 1.165) is 24.2 Å². The van der Waals surface area contributed by atoms with Crippen molar-refractivity contribution in [1.82, 2.24) is 9.97 Å². The third-order valence-electron chi connectivity index (χ3n) is 3.28. The first kappa shape index (κ1) is 13.8. The molecule has 0 aliphatic heterocycles. The number of anilines is 1. The van der Waals surface area contributed by atoms with Gasteiger partial charge in [-0.05, 0) is 18.4 Å². The van der Waals surface area contributed by atoms with E-state index in [-0.39, 0.29) is 5.69 Å². The standard InChI is InChI=1S/C14H13ClN4O2/c15-12-7-13(18-14(17-12)10-3-4-10)16-8-9-1-5-11(6-2-9)19(20)21/h1-2,5-7,10H,3-4,8H2,(H,16,17,18). The monoisotopic (exact) mass is 304 g/mol. The molecule has 21 heavy (non-hydrogen) atoms. The Bertz CT molecular complexity index is 671. The highest BCUT2D eigenvalue weighted by atomic mass is 35.5. The van der Waals surface area contributed by atoms with Crippen molar-refractivity contribution >= 4 is 23.1 Å². The molecule has 1 heterocycles. The highest BCUT2D eigenvalue weighted by Gasteiger charge is 2.27. The fourth-order valence-electron chi connectivity index (χ4n) is 1.98. The fourth-order valence-corrected chi connectivity index (χ4v) is 2.17. The molecule has 1 fully saturated rings. The quantitative estimate of drug-likeness (QED) is 0.519. The van der Waals surface area contributed by atoms with Gasteiger partial charge in [0.2, 0.25) is 0 Å². The molecule has 7 heteroatoms. The van der Waals surface area contributed by atoms with Gasteiger partial charge in [-0.25, -0.2) is 9.97 Å². The maximum absolute atomic E-state index is 10.6. The van der Waals surface area contributed by atoms with Crippen LogP contribution in [0.3, 0.4) is 0 Å². The average Bonchev–Trinajstić information content (AvgIpc) is 3.29. The van der Waals surface area contributed by atoms with Crippen LogP contribution in [0, 0.1) is 10.1 Å². The van der Waals surface area contributed by atoms with Crippen LogP contribution in [0.15, 0.2) is 30.3 Å². The van der Waals surface area contributed by atoms with E-state index < -0.39 is 4.92 Å². The van der Waals surface area contributed by atoms with Gasteiger partial charge in [0, 0.05) is 30.7 Å². The van der Waals surface area contributed by atoms with Crippen LogP contribution in [0.4, 0.5) is 11.5 Å². The van der Waals surface area contributed by atoms with Gasteiger partial charge in [0.25, 0.3) is 5.69 Å². The van der Waals surface area contributed by atoms with Crippen LogP contribution in [-0.4, -0.2) is 14.9 Å². The summed E-state index contributed by atoms with van der Waals surface area (Å²) in [5.74, 6) is 1.90. The van der Waals surface area contributed by atoms with Crippen molar-refractivity contribution in [2.24, 2.45) is 0 Å². The highest BCUT2D eigenvalue weighted by molar-refractivity contribution is 6.29. The lowest BCUT2D eigenvalue weighted by Crippen LogP contribution is -2.04. The van der Waals surface area contributed by atoms with E-state index in [9.17, 15) is 10.1 Å². The smallest absolute Gasteiger partial charge is 0.269 e. The van der Waals surface area contributed by atoms with E-state index in [1.807, 2.05) is 0 Å². The summed E-state index contributed by atoms with van der Waals surface area (Å²) in [6.07, 6.45) is 2.23. The molecular weight excluding hydrogens is 292 g/mol. The topological polar surface area (TPSA) is 81.0 Å². The first-order valence-electron chi connectivity index (χ1n) is 6.63. The molecule has 3 rings (SSSR count). The summed E-state index contributed by atoms with van der Waals surface area (Å²) >= 11 is 5.99. The van der Waals surface area contributed by atoms with Crippen molar-refractivity contribution in [3.05, 3.63) is 57.0 Å². The van der Waals surface area contributed by atoms with Gasteiger partial charge >= 0.3 is 0 Å². The van der Waals surface area contributed by atoms with Gasteiger partial charge in [0.1, 0.15) is 16.8 Å². The minimum atomic E-state index is -0.413. The second-order valence-electron chi connectivity index (χ2n) is 4.99. The zero-order valence-electron chi connectivity index (χ0n) is 11.1. The fraction of sp³-hybridized carbons (Fsp3) is 0.286. The van der Waals surface area contributed by atoms with Crippen LogP contribution < -0.4 is 5.32 Å². The summed E-state index contributed by atoms with van der Waals surface area (Å²) in [5.41, 5.74) is 1.02. The van der Waals surface area contributed by atoms with Gasteiger partial charge in [-0.1, -0.05) is 23.7 Å². The summed E-state index contributed by atoms with van der Waals surface area (Å²) in [5, 5.41) is 14.2. The Labute approximate surface area is 126 Å². The van der Waals surface area contributed by atoms with Crippen molar-refractivity contribution in [2.45, 2.75) is 25.3 Å². The number of hydrogen-bond donors (Lipinski definition) is 1. The third kappa shape index (κ3) is 3.46. The number of nitrogens with one attached hydrogen (secondary N) is 1. The van der Waals surface area contributed by atoms with Gasteiger partial charge in [-0.2, -0.15) is 0 Å². The van der Waals surface area contributed by atoms with E-state index in [4.69, 9.17) is 11.6 Å². The van der Waals surface area contributed by atoms with Crippen LogP contribution in [0.25, 0.3) is 0 Å². The molecule has 1 saturated carbocycles. The van der Waals surface area contributed by atoms with Crippen LogP contribution >= 0.6 is 11.6 Å². The van der Waals surface area contributed by atoms with Crippen LogP contribution in [0.1, 0.15) is 30.1 Å². The van der Waals surface area contributed by atoms with Crippen molar-refractivity contribution in [3.8, 4) is 0 Å². The summed E-state index contributed by atoms with van der Waals surface area (Å²) in [4.78, 5) is 18.8. The van der Waals surface area contributed by atoms with E-state index in [0.29, 0.717) is 23.4 Å². The lowest BCUT2D eigenvalue weighted by Gasteiger charge is -2.07. The van der Waals surface area contributed by atoms with Gasteiger partial charge in [0.05, 0.1) is 4.92 Å². The van der Waals surface area contributed by atoms with Crippen LogP contribution in [0.2, 0.25) is 5.15 Å². The molecule has 1 aromatic carbocycles. The molecule has 0 atom stereocenters. The molecule has 0 unspecified atom stereocenters. The number of halogens is 1. The second kappa shape index (κ2) is 5.65. The summed E-state index contributed by atoms with van der Waals surface area (Å²) in [6, 6.07) is 8.09. The van der Waals surface area contributed by atoms with Crippen LogP contribution in [0.5, 0.6) is 0 Å². The number of aromatic nitrogens is 2. The molecule has 1 aliphatic rings. The van der Waals surface area contributed by atoms with E-state index in [1.165, 1.54) is 12.1 Å². The number of nitro benzene ring substituents is 1. The Hall–Kier alpha value is -2.21. The second-order valence-corrected chi connectivity index (χ2v) is 5.37. The van der Waals surface area contributed by atoms with Crippen molar-refractivity contribution < 1.29 is 4.92 Å². The molecular formula is C14H13ClN4O2. The molecule has 1 N–H and O–H groups in total. The van der Waals surface area contributed by atoms with Crippen molar-refractivity contribution in [1.29, 1.82) is 0 Å². The van der Waals surface area contributed by atoms with Gasteiger partial charge in [0.15, 0.2) is 0 Å². The van der Waals surface area contributed by atoms with Gasteiger partial charge in [-0.3, -0.25) is 10.1 Å². The zero-order valence-corrected chi connectivity index (χ0v) is 11.9. The lowest BCUT2D eigenvalue weighted by molar-refractivity contribution is -0.384. The van der Waals surface area contributed by atoms with Crippen molar-refractivity contribution in [2.75, 3.05) is 5.32 Å². The van der Waals surface area contributed by atoms with E-state index in [2.05, 4.69) is 15.3 Å². The molecule has 1 aliphatic carbocycles. The summed E-state index contributed by atoms with van der Waals surface area (Å²) < 4.78 is 0. The third-order valence-corrected chi connectivity index (χ3v) is 3.47. The number of benzene rings is 1. The molecule has 0 amide bonds. The zero-order chi connectivity index (χ0) is 14.8. The first-order valence-corrected chi connectivity index (χ1v) is 7.01. The Balaban J connectivity index is 1.68. The number of rotatable bonds is 5. The molecule has 0 bridgehead atoms. The maximum Gasteiger partial charge on any atom is 0.269 e. The van der Waals surface area contributed by atoms with Gasteiger partial charge < -0.3 is 5.32 Å². The Morgan fingerprint density at radius 3 is 2.62 bits per heavy atom. The SMILES string of the molecule is O=[N+]([O-])c1ccc(CNc2cc(Cl)nc(C3CC3)n2)cc1. The van der Waals surface area contributed by atoms with E-state index in [1.54, 1.807) is 18.2 Å². The number of hydrogen-bond acceptors (Lipinski definition) is 5. The molecule has 1 aromatic heterocycles. The number of nitro groups is 1. The Morgan fingerprint density at radius 2 is 2.00 bits per heavy atom. The normalized spacial score (nSPS) is 14.0. The van der Waals surface area contributed by atoms with Crippen molar-refractivity contribution in [3.63, 3.8) is 0 Å². The number of nitrogens with zero attached hydrogens (tertiary/aromatic N) is 3. The molecule has 6 nitrogen and oxygen atoms in total. The van der Waals surface area contributed by atoms with E-state index >= 15 is 0 Å². The molecule has 2 aromatic rings. The predicted molar refractivity (Wildman–Crippen MR) is 79.4 cm³/mol. The van der Waals surface area contributed by atoms with Gasteiger partial charge in [-0.15, -0.1) is 0 Å². The minimum Gasteiger partial charge on any atom is -0.366 e. The maximum atomic E-state index is 10.6. The minimum absolute atomic E-state index is 0.0832. The first-order chi connectivity index (χ1) is 10.1.